The lowest BCUT2D eigenvalue weighted by atomic mass is 10.1. The van der Waals surface area contributed by atoms with E-state index >= 15 is 0 Å². The van der Waals surface area contributed by atoms with Crippen molar-refractivity contribution in [2.45, 2.75) is 12.3 Å². The first-order valence-electron chi connectivity index (χ1n) is 8.67. The van der Waals surface area contributed by atoms with Crippen molar-refractivity contribution in [3.8, 4) is 17.2 Å². The minimum Gasteiger partial charge on any atom is -0.493 e. The molecule has 0 saturated heterocycles. The molecule has 3 rings (SSSR count). The van der Waals surface area contributed by atoms with Gasteiger partial charge in [0.15, 0.2) is 17.7 Å². The van der Waals surface area contributed by atoms with E-state index in [1.54, 1.807) is 61.5 Å². The second-order valence-corrected chi connectivity index (χ2v) is 6.90. The van der Waals surface area contributed by atoms with Gasteiger partial charge < -0.3 is 24.6 Å². The molecule has 1 heterocycles. The number of hydrogen-bond donors (Lipinski definition) is 2. The number of rotatable bonds is 8. The number of nitrogens with zero attached hydrogens (tertiary/aromatic N) is 2. The van der Waals surface area contributed by atoms with Gasteiger partial charge in [-0.25, -0.2) is 4.68 Å². The van der Waals surface area contributed by atoms with E-state index in [0.29, 0.717) is 32.9 Å². The minimum atomic E-state index is -1.08. The van der Waals surface area contributed by atoms with Gasteiger partial charge in [0, 0.05) is 19.2 Å². The highest BCUT2D eigenvalue weighted by Crippen LogP contribution is 2.31. The largest absolute Gasteiger partial charge is 0.493 e. The Balaban J connectivity index is 1.86. The molecule has 154 valence electrons. The Morgan fingerprint density at radius 2 is 1.72 bits per heavy atom. The molecule has 0 spiro atoms. The van der Waals surface area contributed by atoms with Crippen LogP contribution in [0.4, 0.5) is 5.82 Å². The van der Waals surface area contributed by atoms with E-state index in [0.717, 1.165) is 5.69 Å². The Morgan fingerprint density at radius 3 is 2.38 bits per heavy atom. The first kappa shape index (κ1) is 21.3. The summed E-state index contributed by atoms with van der Waals surface area (Å²) in [5.74, 6) is 1.74. The summed E-state index contributed by atoms with van der Waals surface area (Å²) < 4.78 is 17.7. The monoisotopic (exact) mass is 437 g/mol. The van der Waals surface area contributed by atoms with Crippen molar-refractivity contribution in [3.05, 3.63) is 64.3 Å². The third kappa shape index (κ3) is 4.59. The average molecular weight is 438 g/mol. The highest BCUT2D eigenvalue weighted by molar-refractivity contribution is 6.42. The summed E-state index contributed by atoms with van der Waals surface area (Å²) >= 11 is 12.1. The molecule has 2 atom stereocenters. The number of aliphatic hydroxyl groups is 1. The van der Waals surface area contributed by atoms with Crippen molar-refractivity contribution in [1.82, 2.24) is 9.78 Å². The Bertz CT molecular complexity index is 980. The molecule has 0 aliphatic carbocycles. The van der Waals surface area contributed by atoms with Crippen LogP contribution in [-0.4, -0.2) is 42.4 Å². The molecule has 0 aliphatic rings. The quantitative estimate of drug-likeness (QED) is 0.511. The second-order valence-electron chi connectivity index (χ2n) is 6.09. The van der Waals surface area contributed by atoms with Crippen LogP contribution < -0.4 is 14.8 Å². The Hall–Kier alpha value is -2.45. The molecular formula is C20H21Cl2N3O4. The number of ether oxygens (including phenoxy) is 3. The van der Waals surface area contributed by atoms with E-state index in [1.165, 1.54) is 7.11 Å². The molecular weight excluding hydrogens is 417 g/mol. The smallest absolute Gasteiger partial charge is 0.162 e. The first-order chi connectivity index (χ1) is 14.0. The molecule has 1 aromatic heterocycles. The van der Waals surface area contributed by atoms with Crippen molar-refractivity contribution >= 4 is 29.0 Å². The summed E-state index contributed by atoms with van der Waals surface area (Å²) in [6.45, 7) is 0. The molecule has 0 fully saturated rings. The van der Waals surface area contributed by atoms with Crippen molar-refractivity contribution < 1.29 is 19.3 Å². The maximum absolute atomic E-state index is 10.8. The molecule has 3 aromatic rings. The molecule has 29 heavy (non-hydrogen) atoms. The predicted octanol–water partition coefficient (Wildman–Crippen LogP) is 4.31. The van der Waals surface area contributed by atoms with Crippen molar-refractivity contribution in [2.75, 3.05) is 26.6 Å². The van der Waals surface area contributed by atoms with Crippen LogP contribution in [0.15, 0.2) is 48.7 Å². The third-order valence-corrected chi connectivity index (χ3v) is 5.10. The van der Waals surface area contributed by atoms with Crippen LogP contribution >= 0.6 is 23.2 Å². The Morgan fingerprint density at radius 1 is 0.966 bits per heavy atom. The van der Waals surface area contributed by atoms with Gasteiger partial charge >= 0.3 is 0 Å². The summed E-state index contributed by atoms with van der Waals surface area (Å²) in [6.07, 6.45) is -0.140. The number of halogens is 2. The zero-order valence-corrected chi connectivity index (χ0v) is 17.6. The minimum absolute atomic E-state index is 0.383. The average Bonchev–Trinajstić information content (AvgIpc) is 3.18. The number of anilines is 1. The fourth-order valence-electron chi connectivity index (χ4n) is 2.94. The topological polar surface area (TPSA) is 77.8 Å². The van der Waals surface area contributed by atoms with E-state index < -0.39 is 12.3 Å². The molecule has 2 aromatic carbocycles. The predicted molar refractivity (Wildman–Crippen MR) is 113 cm³/mol. The van der Waals surface area contributed by atoms with Crippen LogP contribution in [0.3, 0.4) is 0 Å². The van der Waals surface area contributed by atoms with E-state index in [-0.39, 0.29) is 0 Å². The molecule has 7 nitrogen and oxygen atoms in total. The number of hydrogen-bond acceptors (Lipinski definition) is 6. The Labute approximate surface area is 178 Å². The zero-order valence-electron chi connectivity index (χ0n) is 16.1. The number of nitrogens with one attached hydrogen (secondary N) is 1. The lowest BCUT2D eigenvalue weighted by Gasteiger charge is -2.24. The van der Waals surface area contributed by atoms with Gasteiger partial charge in [-0.15, -0.1) is 0 Å². The molecule has 0 bridgehead atoms. The van der Waals surface area contributed by atoms with Crippen LogP contribution in [0, 0.1) is 0 Å². The number of benzene rings is 2. The molecule has 2 unspecified atom stereocenters. The number of aliphatic hydroxyl groups excluding tert-OH is 1. The highest BCUT2D eigenvalue weighted by atomic mass is 35.5. The third-order valence-electron chi connectivity index (χ3n) is 4.36. The maximum atomic E-state index is 10.8. The van der Waals surface area contributed by atoms with Gasteiger partial charge in [-0.05, 0) is 29.8 Å². The fourth-order valence-corrected chi connectivity index (χ4v) is 3.25. The lowest BCUT2D eigenvalue weighted by molar-refractivity contribution is 0.000974. The summed E-state index contributed by atoms with van der Waals surface area (Å²) in [7, 11) is 4.64. The first-order valence-corrected chi connectivity index (χ1v) is 9.42. The van der Waals surface area contributed by atoms with Crippen molar-refractivity contribution in [3.63, 3.8) is 0 Å². The second kappa shape index (κ2) is 9.37. The summed E-state index contributed by atoms with van der Waals surface area (Å²) in [5.41, 5.74) is 1.41. The Kier molecular flexibility index (Phi) is 6.87. The van der Waals surface area contributed by atoms with Crippen molar-refractivity contribution in [1.29, 1.82) is 0 Å². The van der Waals surface area contributed by atoms with Crippen LogP contribution in [0.5, 0.6) is 11.5 Å². The van der Waals surface area contributed by atoms with E-state index in [4.69, 9.17) is 37.4 Å². The van der Waals surface area contributed by atoms with Gasteiger partial charge in [-0.1, -0.05) is 29.3 Å². The van der Waals surface area contributed by atoms with Crippen LogP contribution in [0.1, 0.15) is 11.7 Å². The van der Waals surface area contributed by atoms with Gasteiger partial charge in [-0.3, -0.25) is 0 Å². The summed E-state index contributed by atoms with van der Waals surface area (Å²) in [6, 6.07) is 12.2. The van der Waals surface area contributed by atoms with Gasteiger partial charge in [0.05, 0.1) is 36.1 Å². The molecule has 2 N–H and O–H groups in total. The molecule has 0 radical (unpaired) electrons. The summed E-state index contributed by atoms with van der Waals surface area (Å²) in [5, 5.41) is 18.9. The summed E-state index contributed by atoms with van der Waals surface area (Å²) in [4.78, 5) is 0. The fraction of sp³-hybridized carbons (Fsp3) is 0.250. The normalized spacial score (nSPS) is 13.0. The van der Waals surface area contributed by atoms with Gasteiger partial charge in [0.1, 0.15) is 11.9 Å². The van der Waals surface area contributed by atoms with Crippen molar-refractivity contribution in [2.24, 2.45) is 0 Å². The van der Waals surface area contributed by atoms with Crippen LogP contribution in [-0.2, 0) is 4.74 Å². The number of aromatic nitrogens is 2. The molecule has 0 aliphatic heterocycles. The zero-order chi connectivity index (χ0) is 21.0. The molecule has 0 amide bonds. The lowest BCUT2D eigenvalue weighted by Crippen LogP contribution is -2.29. The van der Waals surface area contributed by atoms with E-state index in [9.17, 15) is 5.11 Å². The van der Waals surface area contributed by atoms with E-state index in [1.807, 2.05) is 6.07 Å². The van der Waals surface area contributed by atoms with Crippen LogP contribution in [0.2, 0.25) is 10.0 Å². The molecule has 9 heteroatoms. The van der Waals surface area contributed by atoms with Crippen LogP contribution in [0.25, 0.3) is 5.69 Å². The number of methoxy groups -OCH3 is 3. The maximum Gasteiger partial charge on any atom is 0.162 e. The van der Waals surface area contributed by atoms with Gasteiger partial charge in [-0.2, -0.15) is 5.10 Å². The van der Waals surface area contributed by atoms with Gasteiger partial charge in [0.25, 0.3) is 0 Å². The molecule has 0 saturated carbocycles. The highest BCUT2D eigenvalue weighted by Gasteiger charge is 2.23. The standard InChI is InChI=1S/C20H21Cl2N3O4/c1-27-16-7-5-13(11-17(16)28-2)25-18(8-9-23-25)24-20(26)19(29-3)12-4-6-14(21)15(22)10-12/h4-11,19-20,24,26H,1-3H3. The van der Waals surface area contributed by atoms with E-state index in [2.05, 4.69) is 10.4 Å². The van der Waals surface area contributed by atoms with Gasteiger partial charge in [0.2, 0.25) is 0 Å². The SMILES string of the molecule is COc1ccc(-n2nccc2NC(O)C(OC)c2ccc(Cl)c(Cl)c2)cc1OC.